The first-order valence-corrected chi connectivity index (χ1v) is 6.12. The van der Waals surface area contributed by atoms with Crippen molar-refractivity contribution in [3.63, 3.8) is 0 Å². The Morgan fingerprint density at radius 1 is 1.05 bits per heavy atom. The highest BCUT2D eigenvalue weighted by Gasteiger charge is 2.00. The Morgan fingerprint density at radius 3 is 2.37 bits per heavy atom. The number of aryl methyl sites for hydroxylation is 2. The molecule has 0 unspecified atom stereocenters. The Balaban J connectivity index is 2.10. The maximum absolute atomic E-state index is 10.9. The highest BCUT2D eigenvalue weighted by atomic mass is 16.1. The summed E-state index contributed by atoms with van der Waals surface area (Å²) in [5.41, 5.74) is 4.42. The van der Waals surface area contributed by atoms with Crippen LogP contribution in [0.15, 0.2) is 36.5 Å². The molecule has 0 aliphatic rings. The first-order valence-electron chi connectivity index (χ1n) is 6.12. The first kappa shape index (κ1) is 13.1. The largest absolute Gasteiger partial charge is 0.354 e. The minimum absolute atomic E-state index is 0.123. The Labute approximate surface area is 112 Å². The van der Waals surface area contributed by atoms with Gasteiger partial charge in [0.1, 0.15) is 5.82 Å². The van der Waals surface area contributed by atoms with Crippen molar-refractivity contribution >= 4 is 23.1 Å². The lowest BCUT2D eigenvalue weighted by atomic mass is 10.1. The van der Waals surface area contributed by atoms with Crippen LogP contribution in [0.2, 0.25) is 0 Å². The molecule has 1 aromatic carbocycles. The Hall–Kier alpha value is -2.36. The van der Waals surface area contributed by atoms with Crippen LogP contribution in [0.5, 0.6) is 0 Å². The average Bonchev–Trinajstić information content (AvgIpc) is 2.36. The predicted molar refractivity (Wildman–Crippen MR) is 77.7 cm³/mol. The molecule has 0 aliphatic carbocycles. The van der Waals surface area contributed by atoms with Crippen LogP contribution in [-0.2, 0) is 4.79 Å². The summed E-state index contributed by atoms with van der Waals surface area (Å²) in [6, 6.07) is 9.86. The van der Waals surface area contributed by atoms with Crippen LogP contribution in [0, 0.1) is 13.8 Å². The number of pyridine rings is 1. The van der Waals surface area contributed by atoms with E-state index in [9.17, 15) is 4.79 Å². The molecule has 0 bridgehead atoms. The number of hydrogen-bond donors (Lipinski definition) is 2. The van der Waals surface area contributed by atoms with Gasteiger partial charge < -0.3 is 10.6 Å². The van der Waals surface area contributed by atoms with E-state index in [0.29, 0.717) is 5.82 Å². The predicted octanol–water partition coefficient (Wildman–Crippen LogP) is 3.40. The zero-order chi connectivity index (χ0) is 13.8. The molecular formula is C15H17N3O. The molecule has 2 aromatic rings. The van der Waals surface area contributed by atoms with Crippen molar-refractivity contribution in [2.45, 2.75) is 20.8 Å². The second-order valence-electron chi connectivity index (χ2n) is 4.54. The van der Waals surface area contributed by atoms with Gasteiger partial charge in [-0.3, -0.25) is 4.79 Å². The second-order valence-corrected chi connectivity index (χ2v) is 4.54. The molecule has 1 amide bonds. The standard InChI is InChI=1S/C15H17N3O/c1-10-4-5-13(8-11(10)2)18-14-6-7-15(16-9-14)17-12(3)19/h4-9,18H,1-3H3,(H,16,17,19). The third-order valence-electron chi connectivity index (χ3n) is 2.86. The molecule has 0 atom stereocenters. The van der Waals surface area contributed by atoms with Gasteiger partial charge in [0, 0.05) is 12.6 Å². The number of anilines is 3. The van der Waals surface area contributed by atoms with Crippen LogP contribution in [0.25, 0.3) is 0 Å². The van der Waals surface area contributed by atoms with Gasteiger partial charge in [-0.25, -0.2) is 4.98 Å². The summed E-state index contributed by atoms with van der Waals surface area (Å²) in [5, 5.41) is 5.91. The van der Waals surface area contributed by atoms with Crippen LogP contribution in [-0.4, -0.2) is 10.9 Å². The van der Waals surface area contributed by atoms with E-state index in [4.69, 9.17) is 0 Å². The van der Waals surface area contributed by atoms with Crippen LogP contribution < -0.4 is 10.6 Å². The molecule has 0 saturated carbocycles. The van der Waals surface area contributed by atoms with Gasteiger partial charge in [0.25, 0.3) is 0 Å². The van der Waals surface area contributed by atoms with Crippen LogP contribution in [0.1, 0.15) is 18.1 Å². The third kappa shape index (κ3) is 3.55. The number of rotatable bonds is 3. The van der Waals surface area contributed by atoms with E-state index < -0.39 is 0 Å². The molecule has 1 heterocycles. The lowest BCUT2D eigenvalue weighted by Gasteiger charge is -2.09. The average molecular weight is 255 g/mol. The van der Waals surface area contributed by atoms with Crippen LogP contribution >= 0.6 is 0 Å². The topological polar surface area (TPSA) is 54.0 Å². The van der Waals surface area contributed by atoms with E-state index in [1.807, 2.05) is 12.1 Å². The fourth-order valence-corrected chi connectivity index (χ4v) is 1.71. The SMILES string of the molecule is CC(=O)Nc1ccc(Nc2ccc(C)c(C)c2)cn1. The number of carbonyl (C=O) groups excluding carboxylic acids is 1. The molecule has 0 fully saturated rings. The van der Waals surface area contributed by atoms with E-state index in [-0.39, 0.29) is 5.91 Å². The molecule has 0 radical (unpaired) electrons. The summed E-state index contributed by atoms with van der Waals surface area (Å²) < 4.78 is 0. The number of amides is 1. The van der Waals surface area contributed by atoms with Crippen molar-refractivity contribution in [2.75, 3.05) is 10.6 Å². The number of nitrogens with one attached hydrogen (secondary N) is 2. The highest BCUT2D eigenvalue weighted by Crippen LogP contribution is 2.19. The van der Waals surface area contributed by atoms with E-state index >= 15 is 0 Å². The van der Waals surface area contributed by atoms with Crippen molar-refractivity contribution in [3.8, 4) is 0 Å². The number of nitrogens with zero attached hydrogens (tertiary/aromatic N) is 1. The molecule has 2 N–H and O–H groups in total. The second kappa shape index (κ2) is 5.52. The Kier molecular flexibility index (Phi) is 3.80. The fraction of sp³-hybridized carbons (Fsp3) is 0.200. The molecule has 19 heavy (non-hydrogen) atoms. The smallest absolute Gasteiger partial charge is 0.222 e. The molecule has 4 heteroatoms. The first-order chi connectivity index (χ1) is 9.04. The molecule has 0 aliphatic heterocycles. The van der Waals surface area contributed by atoms with Gasteiger partial charge in [0.15, 0.2) is 0 Å². The zero-order valence-electron chi connectivity index (χ0n) is 11.3. The van der Waals surface area contributed by atoms with Crippen molar-refractivity contribution in [2.24, 2.45) is 0 Å². The van der Waals surface area contributed by atoms with Gasteiger partial charge in [-0.15, -0.1) is 0 Å². The lowest BCUT2D eigenvalue weighted by molar-refractivity contribution is -0.114. The summed E-state index contributed by atoms with van der Waals surface area (Å²) in [7, 11) is 0. The molecule has 4 nitrogen and oxygen atoms in total. The van der Waals surface area contributed by atoms with Crippen molar-refractivity contribution in [3.05, 3.63) is 47.7 Å². The van der Waals surface area contributed by atoms with Gasteiger partial charge >= 0.3 is 0 Å². The van der Waals surface area contributed by atoms with E-state index in [0.717, 1.165) is 11.4 Å². The van der Waals surface area contributed by atoms with Crippen molar-refractivity contribution < 1.29 is 4.79 Å². The highest BCUT2D eigenvalue weighted by molar-refractivity contribution is 5.87. The minimum atomic E-state index is -0.123. The molecule has 0 spiro atoms. The summed E-state index contributed by atoms with van der Waals surface area (Å²) >= 11 is 0. The lowest BCUT2D eigenvalue weighted by Crippen LogP contribution is -2.07. The van der Waals surface area contributed by atoms with E-state index in [1.165, 1.54) is 18.1 Å². The maximum Gasteiger partial charge on any atom is 0.222 e. The number of aromatic nitrogens is 1. The monoisotopic (exact) mass is 255 g/mol. The van der Waals surface area contributed by atoms with E-state index in [1.54, 1.807) is 12.3 Å². The Bertz CT molecular complexity index is 591. The normalized spacial score (nSPS) is 10.1. The van der Waals surface area contributed by atoms with Gasteiger partial charge in [-0.2, -0.15) is 0 Å². The Morgan fingerprint density at radius 2 is 1.79 bits per heavy atom. The number of hydrogen-bond acceptors (Lipinski definition) is 3. The maximum atomic E-state index is 10.9. The van der Waals surface area contributed by atoms with E-state index in [2.05, 4.69) is 41.6 Å². The zero-order valence-corrected chi connectivity index (χ0v) is 11.3. The summed E-state index contributed by atoms with van der Waals surface area (Å²) in [5.74, 6) is 0.431. The number of benzene rings is 1. The summed E-state index contributed by atoms with van der Waals surface area (Å²) in [6.45, 7) is 5.63. The van der Waals surface area contributed by atoms with Crippen molar-refractivity contribution in [1.82, 2.24) is 4.98 Å². The number of carbonyl (C=O) groups is 1. The van der Waals surface area contributed by atoms with Gasteiger partial charge in [-0.1, -0.05) is 6.07 Å². The van der Waals surface area contributed by atoms with Crippen LogP contribution in [0.4, 0.5) is 17.2 Å². The van der Waals surface area contributed by atoms with Crippen LogP contribution in [0.3, 0.4) is 0 Å². The van der Waals surface area contributed by atoms with Gasteiger partial charge in [0.2, 0.25) is 5.91 Å². The van der Waals surface area contributed by atoms with Gasteiger partial charge in [-0.05, 0) is 49.2 Å². The minimum Gasteiger partial charge on any atom is -0.354 e. The molecule has 1 aromatic heterocycles. The summed E-state index contributed by atoms with van der Waals surface area (Å²) in [6.07, 6.45) is 1.69. The molecule has 2 rings (SSSR count). The molecular weight excluding hydrogens is 238 g/mol. The van der Waals surface area contributed by atoms with Gasteiger partial charge in [0.05, 0.1) is 11.9 Å². The molecule has 98 valence electrons. The summed E-state index contributed by atoms with van der Waals surface area (Å²) in [4.78, 5) is 15.1. The third-order valence-corrected chi connectivity index (χ3v) is 2.86. The molecule has 0 saturated heterocycles. The van der Waals surface area contributed by atoms with Crippen molar-refractivity contribution in [1.29, 1.82) is 0 Å². The quantitative estimate of drug-likeness (QED) is 0.883. The fourth-order valence-electron chi connectivity index (χ4n) is 1.71.